The van der Waals surface area contributed by atoms with Crippen LogP contribution < -0.4 is 15.3 Å². The molecule has 1 fully saturated rings. The van der Waals surface area contributed by atoms with Gasteiger partial charge in [-0.05, 0) is 51.7 Å². The number of carbonyl (C=O) groups excluding carboxylic acids is 1. The van der Waals surface area contributed by atoms with Gasteiger partial charge < -0.3 is 14.1 Å². The van der Waals surface area contributed by atoms with Gasteiger partial charge in [0.05, 0.1) is 12.7 Å². The third-order valence-electron chi connectivity index (χ3n) is 8.62. The van der Waals surface area contributed by atoms with Crippen LogP contribution in [0.15, 0.2) is 115 Å². The lowest BCUT2D eigenvalue weighted by atomic mass is 10.1. The minimum atomic E-state index is -2.62. The van der Waals surface area contributed by atoms with E-state index in [1.54, 1.807) is 0 Å². The average Bonchev–Trinajstić information content (AvgIpc) is 3.04. The van der Waals surface area contributed by atoms with Crippen molar-refractivity contribution >= 4 is 30.3 Å². The molecule has 1 heterocycles. The van der Waals surface area contributed by atoms with E-state index in [-0.39, 0.29) is 17.0 Å². The van der Waals surface area contributed by atoms with Gasteiger partial charge in [-0.1, -0.05) is 112 Å². The Hall–Kier alpha value is -3.71. The predicted molar refractivity (Wildman–Crippen MR) is 179 cm³/mol. The normalized spacial score (nSPS) is 16.2. The lowest BCUT2D eigenvalue weighted by Crippen LogP contribution is -2.66. The number of esters is 1. The number of benzene rings is 4. The monoisotopic (exact) mass is 592 g/mol. The summed E-state index contributed by atoms with van der Waals surface area (Å²) in [5, 5.41) is 2.54. The van der Waals surface area contributed by atoms with Crippen LogP contribution in [0.1, 0.15) is 43.1 Å². The smallest absolute Gasteiger partial charge is 0.337 e. The largest absolute Gasteiger partial charge is 0.465 e. The van der Waals surface area contributed by atoms with Gasteiger partial charge in [0, 0.05) is 44.5 Å². The van der Waals surface area contributed by atoms with Crippen LogP contribution in [0.5, 0.6) is 0 Å². The van der Waals surface area contributed by atoms with E-state index < -0.39 is 8.32 Å². The molecular formula is C37H44N2O3Si. The number of carbonyl (C=O) groups is 1. The Morgan fingerprint density at radius 2 is 1.35 bits per heavy atom. The first kappa shape index (κ1) is 30.7. The van der Waals surface area contributed by atoms with Crippen molar-refractivity contribution in [3.05, 3.63) is 126 Å². The number of piperazine rings is 1. The van der Waals surface area contributed by atoms with E-state index >= 15 is 0 Å². The van der Waals surface area contributed by atoms with E-state index in [4.69, 9.17) is 9.16 Å². The average molecular weight is 593 g/mol. The highest BCUT2D eigenvalue weighted by molar-refractivity contribution is 6.99. The summed E-state index contributed by atoms with van der Waals surface area (Å²) < 4.78 is 12.2. The Kier molecular flexibility index (Phi) is 9.81. The highest BCUT2D eigenvalue weighted by atomic mass is 28.4. The van der Waals surface area contributed by atoms with Crippen LogP contribution in [0.4, 0.5) is 5.69 Å². The first-order valence-electron chi connectivity index (χ1n) is 15.3. The second-order valence-corrected chi connectivity index (χ2v) is 16.7. The predicted octanol–water partition coefficient (Wildman–Crippen LogP) is 6.13. The van der Waals surface area contributed by atoms with Gasteiger partial charge in [-0.2, -0.15) is 0 Å². The Bertz CT molecular complexity index is 1400. The maximum absolute atomic E-state index is 12.1. The van der Waals surface area contributed by atoms with Crippen molar-refractivity contribution < 1.29 is 14.0 Å². The molecule has 1 aliphatic rings. The van der Waals surface area contributed by atoms with Crippen LogP contribution in [0.2, 0.25) is 5.04 Å². The van der Waals surface area contributed by atoms with Crippen molar-refractivity contribution in [2.24, 2.45) is 0 Å². The van der Waals surface area contributed by atoms with E-state index in [1.165, 1.54) is 23.0 Å². The second kappa shape index (κ2) is 13.7. The van der Waals surface area contributed by atoms with E-state index in [1.807, 2.05) is 12.1 Å². The Morgan fingerprint density at radius 1 is 0.791 bits per heavy atom. The maximum Gasteiger partial charge on any atom is 0.337 e. The minimum absolute atomic E-state index is 0.0645. The van der Waals surface area contributed by atoms with Gasteiger partial charge in [0.25, 0.3) is 8.32 Å². The van der Waals surface area contributed by atoms with Crippen LogP contribution in [-0.2, 0) is 15.7 Å². The van der Waals surface area contributed by atoms with Crippen molar-refractivity contribution in [2.75, 3.05) is 38.3 Å². The third kappa shape index (κ3) is 6.93. The molecule has 0 spiro atoms. The summed E-state index contributed by atoms with van der Waals surface area (Å²) in [5.41, 5.74) is 3.03. The molecule has 6 heteroatoms. The molecule has 1 saturated heterocycles. The lowest BCUT2D eigenvalue weighted by Gasteiger charge is -2.45. The summed E-state index contributed by atoms with van der Waals surface area (Å²) in [6.45, 7) is 11.4. The zero-order valence-corrected chi connectivity index (χ0v) is 26.9. The fraction of sp³-hybridized carbons (Fsp3) is 0.324. The number of rotatable bonds is 10. The number of methoxy groups -OCH3 is 1. The summed E-state index contributed by atoms with van der Waals surface area (Å²) in [4.78, 5) is 17.1. The van der Waals surface area contributed by atoms with E-state index in [9.17, 15) is 4.79 Å². The van der Waals surface area contributed by atoms with Gasteiger partial charge >= 0.3 is 5.97 Å². The summed E-state index contributed by atoms with van der Waals surface area (Å²) >= 11 is 0. The van der Waals surface area contributed by atoms with Gasteiger partial charge in [0.15, 0.2) is 0 Å². The first-order valence-corrected chi connectivity index (χ1v) is 17.2. The minimum Gasteiger partial charge on any atom is -0.465 e. The molecule has 5 rings (SSSR count). The SMILES string of the molecule is COC(=O)c1ccc(N2CCN(Cc3ccccc3)C[C@@H]2CCO[Si](c2ccccc2)(c2ccccc2)C(C)(C)C)cc1. The van der Waals surface area contributed by atoms with E-state index in [2.05, 4.69) is 134 Å². The Balaban J connectivity index is 1.42. The molecule has 1 aliphatic heterocycles. The maximum atomic E-state index is 12.1. The van der Waals surface area contributed by atoms with Crippen LogP contribution >= 0.6 is 0 Å². The zero-order chi connectivity index (χ0) is 30.3. The van der Waals surface area contributed by atoms with Gasteiger partial charge in [-0.3, -0.25) is 4.90 Å². The van der Waals surface area contributed by atoms with E-state index in [0.717, 1.165) is 38.3 Å². The Morgan fingerprint density at radius 3 is 1.88 bits per heavy atom. The molecule has 0 N–H and O–H groups in total. The standard InChI is InChI=1S/C37H44N2O3Si/c1-37(2,3)43(34-16-10-6-11-17-34,35-18-12-7-13-19-35)42-27-24-33-29-38(28-30-14-8-5-9-15-30)25-26-39(33)32-22-20-31(21-23-32)36(40)41-4/h5-23,33H,24-29H2,1-4H3/t33-/m0/s1. The molecule has 0 bridgehead atoms. The van der Waals surface area contributed by atoms with Gasteiger partial charge in [0.1, 0.15) is 0 Å². The number of nitrogens with zero attached hydrogens (tertiary/aromatic N) is 2. The molecule has 43 heavy (non-hydrogen) atoms. The van der Waals surface area contributed by atoms with Crippen LogP contribution in [-0.4, -0.2) is 58.6 Å². The topological polar surface area (TPSA) is 42.0 Å². The summed E-state index contributed by atoms with van der Waals surface area (Å²) in [6, 6.07) is 40.5. The molecule has 1 atom stereocenters. The van der Waals surface area contributed by atoms with Crippen LogP contribution in [0.3, 0.4) is 0 Å². The molecule has 4 aromatic rings. The van der Waals surface area contributed by atoms with Crippen molar-refractivity contribution in [1.82, 2.24) is 4.90 Å². The van der Waals surface area contributed by atoms with Crippen LogP contribution in [0, 0.1) is 0 Å². The molecule has 0 amide bonds. The Labute approximate surface area is 258 Å². The van der Waals surface area contributed by atoms with Gasteiger partial charge in [-0.25, -0.2) is 4.79 Å². The van der Waals surface area contributed by atoms with Crippen molar-refractivity contribution in [2.45, 2.75) is 44.8 Å². The number of hydrogen-bond donors (Lipinski definition) is 0. The molecule has 5 nitrogen and oxygen atoms in total. The van der Waals surface area contributed by atoms with E-state index in [0.29, 0.717) is 12.2 Å². The quantitative estimate of drug-likeness (QED) is 0.164. The van der Waals surface area contributed by atoms with Crippen molar-refractivity contribution in [3.63, 3.8) is 0 Å². The molecule has 4 aromatic carbocycles. The van der Waals surface area contributed by atoms with Gasteiger partial charge in [-0.15, -0.1) is 0 Å². The fourth-order valence-corrected chi connectivity index (χ4v) is 11.1. The molecule has 0 unspecified atom stereocenters. The highest BCUT2D eigenvalue weighted by Gasteiger charge is 2.50. The zero-order valence-electron chi connectivity index (χ0n) is 25.9. The number of anilines is 1. The third-order valence-corrected chi connectivity index (χ3v) is 13.7. The summed E-state index contributed by atoms with van der Waals surface area (Å²) in [5.74, 6) is -0.311. The van der Waals surface area contributed by atoms with Crippen molar-refractivity contribution in [3.8, 4) is 0 Å². The molecule has 0 aliphatic carbocycles. The highest BCUT2D eigenvalue weighted by Crippen LogP contribution is 2.37. The molecular weight excluding hydrogens is 549 g/mol. The van der Waals surface area contributed by atoms with Crippen LogP contribution in [0.25, 0.3) is 0 Å². The van der Waals surface area contributed by atoms with Crippen molar-refractivity contribution in [1.29, 1.82) is 0 Å². The lowest BCUT2D eigenvalue weighted by molar-refractivity contribution is 0.0600. The molecule has 0 saturated carbocycles. The summed E-state index contributed by atoms with van der Waals surface area (Å²) in [7, 11) is -1.20. The first-order chi connectivity index (χ1) is 20.8. The molecule has 0 radical (unpaired) electrons. The second-order valence-electron chi connectivity index (χ2n) is 12.4. The summed E-state index contributed by atoms with van der Waals surface area (Å²) in [6.07, 6.45) is 0.897. The fourth-order valence-electron chi connectivity index (χ4n) is 6.51. The number of ether oxygens (including phenoxy) is 1. The van der Waals surface area contributed by atoms with Gasteiger partial charge in [0.2, 0.25) is 0 Å². The molecule has 224 valence electrons. The number of hydrogen-bond acceptors (Lipinski definition) is 5. The molecule has 0 aromatic heterocycles.